The molecule has 0 radical (unpaired) electrons. The Morgan fingerprint density at radius 3 is 2.41 bits per heavy atom. The van der Waals surface area contributed by atoms with Crippen molar-refractivity contribution in [3.63, 3.8) is 0 Å². The number of ether oxygens (including phenoxy) is 3. The average Bonchev–Trinajstić information content (AvgIpc) is 2.84. The molecule has 3 aromatic carbocycles. The van der Waals surface area contributed by atoms with Crippen molar-refractivity contribution in [1.82, 2.24) is 5.32 Å². The molecule has 3 aromatic rings. The van der Waals surface area contributed by atoms with E-state index in [4.69, 9.17) is 26.4 Å². The maximum absolute atomic E-state index is 12.6. The Morgan fingerprint density at radius 1 is 0.941 bits per heavy atom. The fraction of sp³-hybridized carbons (Fsp3) is 0.231. The Labute approximate surface area is 213 Å². The van der Waals surface area contributed by atoms with Crippen molar-refractivity contribution >= 4 is 44.9 Å². The van der Waals surface area contributed by atoms with E-state index in [1.54, 1.807) is 18.2 Å². The van der Waals surface area contributed by atoms with Crippen molar-refractivity contribution in [1.29, 1.82) is 0 Å². The highest BCUT2D eigenvalue weighted by Crippen LogP contribution is 2.26. The van der Waals surface area contributed by atoms with E-state index in [0.717, 1.165) is 17.9 Å². The second kappa shape index (κ2) is 13.7. The van der Waals surface area contributed by atoms with E-state index in [2.05, 4.69) is 38.7 Å². The van der Waals surface area contributed by atoms with Gasteiger partial charge in [-0.05, 0) is 83.1 Å². The van der Waals surface area contributed by atoms with E-state index < -0.39 is 0 Å². The Bertz CT molecular complexity index is 1080. The van der Waals surface area contributed by atoms with Gasteiger partial charge >= 0.3 is 0 Å². The molecular weight excluding hydrogens is 516 g/mol. The number of nitrogens with one attached hydrogen (secondary N) is 2. The van der Waals surface area contributed by atoms with Crippen LogP contribution in [0.4, 0.5) is 5.69 Å². The smallest absolute Gasteiger partial charge is 0.257 e. The fourth-order valence-corrected chi connectivity index (χ4v) is 3.72. The lowest BCUT2D eigenvalue weighted by atomic mass is 10.2. The first kappa shape index (κ1) is 25.7. The second-order valence-corrected chi connectivity index (χ2v) is 8.47. The molecule has 0 fully saturated rings. The molecule has 34 heavy (non-hydrogen) atoms. The first-order chi connectivity index (χ1) is 16.5. The van der Waals surface area contributed by atoms with Crippen LogP contribution in [0.5, 0.6) is 11.5 Å². The predicted octanol–water partition coefficient (Wildman–Crippen LogP) is 5.61. The third-order valence-electron chi connectivity index (χ3n) is 4.72. The van der Waals surface area contributed by atoms with Gasteiger partial charge in [0.2, 0.25) is 0 Å². The van der Waals surface area contributed by atoms with E-state index in [-0.39, 0.29) is 11.0 Å². The first-order valence-corrected chi connectivity index (χ1v) is 12.1. The molecule has 0 bridgehead atoms. The Kier molecular flexibility index (Phi) is 10.3. The highest BCUT2D eigenvalue weighted by Gasteiger charge is 2.11. The zero-order chi connectivity index (χ0) is 24.2. The molecule has 178 valence electrons. The molecule has 1 amide bonds. The number of rotatable bonds is 11. The van der Waals surface area contributed by atoms with Gasteiger partial charge in [-0.3, -0.25) is 10.1 Å². The summed E-state index contributed by atoms with van der Waals surface area (Å²) in [6.07, 6.45) is 0.801. The van der Waals surface area contributed by atoms with Crippen molar-refractivity contribution in [2.45, 2.75) is 13.3 Å². The van der Waals surface area contributed by atoms with Crippen LogP contribution in [0.3, 0.4) is 0 Å². The Morgan fingerprint density at radius 2 is 1.71 bits per heavy atom. The lowest BCUT2D eigenvalue weighted by Gasteiger charge is -2.12. The van der Waals surface area contributed by atoms with Crippen molar-refractivity contribution in [2.75, 3.05) is 31.7 Å². The molecule has 0 saturated heterocycles. The molecule has 0 aliphatic heterocycles. The summed E-state index contributed by atoms with van der Waals surface area (Å²) in [6.45, 7) is 4.18. The number of thiocarbonyl (C=S) groups is 1. The van der Waals surface area contributed by atoms with Gasteiger partial charge in [-0.15, -0.1) is 0 Å². The molecule has 0 heterocycles. The third-order valence-corrected chi connectivity index (χ3v) is 5.55. The zero-order valence-corrected chi connectivity index (χ0v) is 21.3. The van der Waals surface area contributed by atoms with Gasteiger partial charge in [0.25, 0.3) is 5.91 Å². The van der Waals surface area contributed by atoms with Crippen LogP contribution in [0, 0.1) is 0 Å². The molecule has 0 saturated carbocycles. The summed E-state index contributed by atoms with van der Waals surface area (Å²) in [5.41, 5.74) is 2.41. The van der Waals surface area contributed by atoms with Crippen LogP contribution in [0.15, 0.2) is 77.3 Å². The standard InChI is InChI=1S/C26H27BrN2O4S/c1-2-31-16-17-32-22-11-9-21(10-12-22)28-26(34)29-25(30)20-8-13-24(23(27)18-20)33-15-14-19-6-4-3-5-7-19/h3-13,18H,2,14-17H2,1H3,(H2,28,29,30,34). The van der Waals surface area contributed by atoms with Gasteiger partial charge in [-0.1, -0.05) is 30.3 Å². The van der Waals surface area contributed by atoms with Crippen LogP contribution >= 0.6 is 28.1 Å². The molecule has 0 aliphatic carbocycles. The molecule has 6 nitrogen and oxygen atoms in total. The molecule has 2 N–H and O–H groups in total. The first-order valence-electron chi connectivity index (χ1n) is 10.9. The lowest BCUT2D eigenvalue weighted by molar-refractivity contribution is 0.0977. The summed E-state index contributed by atoms with van der Waals surface area (Å²) in [5, 5.41) is 5.89. The number of anilines is 1. The van der Waals surface area contributed by atoms with E-state index >= 15 is 0 Å². The van der Waals surface area contributed by atoms with Gasteiger partial charge in [0.05, 0.1) is 17.7 Å². The average molecular weight is 543 g/mol. The monoisotopic (exact) mass is 542 g/mol. The number of amides is 1. The molecular formula is C26H27BrN2O4S. The van der Waals surface area contributed by atoms with Crippen molar-refractivity contribution in [3.8, 4) is 11.5 Å². The van der Waals surface area contributed by atoms with Gasteiger partial charge in [0, 0.05) is 24.3 Å². The molecule has 0 aromatic heterocycles. The van der Waals surface area contributed by atoms with E-state index in [0.29, 0.717) is 42.2 Å². The summed E-state index contributed by atoms with van der Waals surface area (Å²) >= 11 is 8.76. The van der Waals surface area contributed by atoms with E-state index in [1.807, 2.05) is 49.4 Å². The Hall–Kier alpha value is -2.94. The maximum Gasteiger partial charge on any atom is 0.257 e. The van der Waals surface area contributed by atoms with Crippen LogP contribution < -0.4 is 20.1 Å². The maximum atomic E-state index is 12.6. The van der Waals surface area contributed by atoms with Crippen LogP contribution in [-0.2, 0) is 11.2 Å². The van der Waals surface area contributed by atoms with Gasteiger partial charge in [0.15, 0.2) is 5.11 Å². The number of hydrogen-bond donors (Lipinski definition) is 2. The van der Waals surface area contributed by atoms with E-state index in [9.17, 15) is 4.79 Å². The van der Waals surface area contributed by atoms with Crippen molar-refractivity contribution < 1.29 is 19.0 Å². The summed E-state index contributed by atoms with van der Waals surface area (Å²) in [6, 6.07) is 22.6. The quantitative estimate of drug-likeness (QED) is 0.242. The minimum atomic E-state index is -0.315. The lowest BCUT2D eigenvalue weighted by Crippen LogP contribution is -2.34. The molecule has 0 spiro atoms. The second-order valence-electron chi connectivity index (χ2n) is 7.21. The number of hydrogen-bond acceptors (Lipinski definition) is 5. The normalized spacial score (nSPS) is 10.4. The van der Waals surface area contributed by atoms with Gasteiger partial charge in [0.1, 0.15) is 18.1 Å². The topological polar surface area (TPSA) is 68.8 Å². The fourth-order valence-electron chi connectivity index (χ4n) is 3.02. The van der Waals surface area contributed by atoms with Crippen molar-refractivity contribution in [3.05, 3.63) is 88.4 Å². The number of benzene rings is 3. The van der Waals surface area contributed by atoms with Gasteiger partial charge in [-0.25, -0.2) is 0 Å². The molecule has 0 aliphatic rings. The number of carbonyl (C=O) groups is 1. The summed E-state index contributed by atoms with van der Waals surface area (Å²) in [4.78, 5) is 12.6. The highest BCUT2D eigenvalue weighted by atomic mass is 79.9. The summed E-state index contributed by atoms with van der Waals surface area (Å²) in [7, 11) is 0. The summed E-state index contributed by atoms with van der Waals surface area (Å²) in [5.74, 6) is 1.10. The zero-order valence-electron chi connectivity index (χ0n) is 18.9. The molecule has 3 rings (SSSR count). The largest absolute Gasteiger partial charge is 0.492 e. The number of halogens is 1. The molecule has 8 heteroatoms. The molecule has 0 atom stereocenters. The highest BCUT2D eigenvalue weighted by molar-refractivity contribution is 9.10. The molecule has 0 unspecified atom stereocenters. The van der Waals surface area contributed by atoms with Gasteiger partial charge in [-0.2, -0.15) is 0 Å². The SMILES string of the molecule is CCOCCOc1ccc(NC(=S)NC(=O)c2ccc(OCCc3ccccc3)c(Br)c2)cc1. The third kappa shape index (κ3) is 8.44. The van der Waals surface area contributed by atoms with Crippen LogP contribution in [-0.4, -0.2) is 37.4 Å². The minimum Gasteiger partial charge on any atom is -0.492 e. The van der Waals surface area contributed by atoms with E-state index in [1.165, 1.54) is 5.56 Å². The van der Waals surface area contributed by atoms with Gasteiger partial charge < -0.3 is 19.5 Å². The van der Waals surface area contributed by atoms with Crippen LogP contribution in [0.2, 0.25) is 0 Å². The minimum absolute atomic E-state index is 0.203. The number of carbonyl (C=O) groups excluding carboxylic acids is 1. The van der Waals surface area contributed by atoms with Crippen LogP contribution in [0.25, 0.3) is 0 Å². The van der Waals surface area contributed by atoms with Crippen LogP contribution in [0.1, 0.15) is 22.8 Å². The Balaban J connectivity index is 1.46. The predicted molar refractivity (Wildman–Crippen MR) is 142 cm³/mol. The summed E-state index contributed by atoms with van der Waals surface area (Å²) < 4.78 is 17.4. The van der Waals surface area contributed by atoms with Crippen molar-refractivity contribution in [2.24, 2.45) is 0 Å².